The number of rotatable bonds is 6. The number of aromatic nitrogens is 1. The zero-order valence-corrected chi connectivity index (χ0v) is 15.4. The predicted octanol–water partition coefficient (Wildman–Crippen LogP) is 4.64. The summed E-state index contributed by atoms with van der Waals surface area (Å²) < 4.78 is 0.974. The summed E-state index contributed by atoms with van der Waals surface area (Å²) in [6, 6.07) is 7.63. The average molecular weight is 376 g/mol. The lowest BCUT2D eigenvalue weighted by molar-refractivity contribution is 0.102. The molecule has 0 saturated carbocycles. The van der Waals surface area contributed by atoms with Gasteiger partial charge in [0.1, 0.15) is 0 Å². The molecule has 0 aliphatic carbocycles. The number of halogens is 1. The van der Waals surface area contributed by atoms with E-state index in [2.05, 4.69) is 38.1 Å². The number of unbranched alkanes of at least 4 members (excludes halogenated alkanes) is 1. The summed E-state index contributed by atoms with van der Waals surface area (Å²) >= 11 is 3.48. The van der Waals surface area contributed by atoms with Crippen LogP contribution in [0.2, 0.25) is 0 Å². The Balaban J connectivity index is 2.11. The quantitative estimate of drug-likeness (QED) is 0.799. The van der Waals surface area contributed by atoms with Crippen LogP contribution in [0.5, 0.6) is 0 Å². The first-order valence-corrected chi connectivity index (χ1v) is 8.54. The van der Waals surface area contributed by atoms with Crippen LogP contribution in [0, 0.1) is 6.92 Å². The van der Waals surface area contributed by atoms with Crippen molar-refractivity contribution in [1.82, 2.24) is 4.98 Å². The van der Waals surface area contributed by atoms with Crippen molar-refractivity contribution < 1.29 is 4.79 Å². The van der Waals surface area contributed by atoms with Gasteiger partial charge in [-0.25, -0.2) is 0 Å². The highest BCUT2D eigenvalue weighted by atomic mass is 79.9. The molecule has 0 bridgehead atoms. The van der Waals surface area contributed by atoms with Gasteiger partial charge in [0.15, 0.2) is 0 Å². The first-order chi connectivity index (χ1) is 11.0. The van der Waals surface area contributed by atoms with E-state index in [0.29, 0.717) is 5.56 Å². The first-order valence-electron chi connectivity index (χ1n) is 7.75. The smallest absolute Gasteiger partial charge is 0.257 e. The van der Waals surface area contributed by atoms with Crippen LogP contribution in [0.3, 0.4) is 0 Å². The van der Waals surface area contributed by atoms with E-state index in [4.69, 9.17) is 0 Å². The molecule has 0 saturated heterocycles. The fraction of sp³-hybridized carbons (Fsp3) is 0.333. The molecule has 2 rings (SSSR count). The van der Waals surface area contributed by atoms with E-state index >= 15 is 0 Å². The SMILES string of the molecule is CCCCN(C)c1cncc(C(=O)Nc2ccc(C)c(Br)c2)c1. The number of nitrogens with zero attached hydrogens (tertiary/aromatic N) is 2. The largest absolute Gasteiger partial charge is 0.373 e. The van der Waals surface area contributed by atoms with Gasteiger partial charge in [0.25, 0.3) is 5.91 Å². The number of pyridine rings is 1. The molecular formula is C18H22BrN3O. The third-order valence-corrected chi connectivity index (χ3v) is 4.56. The highest BCUT2D eigenvalue weighted by Crippen LogP contribution is 2.21. The molecule has 0 unspecified atom stereocenters. The summed E-state index contributed by atoms with van der Waals surface area (Å²) in [6.07, 6.45) is 5.63. The van der Waals surface area contributed by atoms with E-state index in [-0.39, 0.29) is 5.91 Å². The van der Waals surface area contributed by atoms with Crippen molar-refractivity contribution in [2.75, 3.05) is 23.8 Å². The second kappa shape index (κ2) is 8.11. The molecule has 0 fully saturated rings. The van der Waals surface area contributed by atoms with E-state index in [1.54, 1.807) is 12.4 Å². The molecule has 23 heavy (non-hydrogen) atoms. The standard InChI is InChI=1S/C18H22BrN3O/c1-4-5-8-22(3)16-9-14(11-20-12-16)18(23)21-15-7-6-13(2)17(19)10-15/h6-7,9-12H,4-5,8H2,1-3H3,(H,21,23). The van der Waals surface area contributed by atoms with Crippen LogP contribution in [0.15, 0.2) is 41.1 Å². The third kappa shape index (κ3) is 4.79. The van der Waals surface area contributed by atoms with Gasteiger partial charge < -0.3 is 10.2 Å². The maximum atomic E-state index is 12.4. The molecule has 5 heteroatoms. The Bertz CT molecular complexity index is 688. The topological polar surface area (TPSA) is 45.2 Å². The van der Waals surface area contributed by atoms with Gasteiger partial charge in [-0.2, -0.15) is 0 Å². The molecule has 0 aliphatic heterocycles. The van der Waals surface area contributed by atoms with Crippen molar-refractivity contribution in [2.45, 2.75) is 26.7 Å². The van der Waals surface area contributed by atoms with Gasteiger partial charge >= 0.3 is 0 Å². The zero-order valence-electron chi connectivity index (χ0n) is 13.8. The first kappa shape index (κ1) is 17.5. The number of hydrogen-bond donors (Lipinski definition) is 1. The van der Waals surface area contributed by atoms with Crippen LogP contribution in [-0.2, 0) is 0 Å². The maximum Gasteiger partial charge on any atom is 0.257 e. The van der Waals surface area contributed by atoms with Crippen molar-refractivity contribution in [3.63, 3.8) is 0 Å². The summed E-state index contributed by atoms with van der Waals surface area (Å²) in [5, 5.41) is 2.91. The molecule has 122 valence electrons. The van der Waals surface area contributed by atoms with Crippen molar-refractivity contribution in [2.24, 2.45) is 0 Å². The number of benzene rings is 1. The summed E-state index contributed by atoms with van der Waals surface area (Å²) in [6.45, 7) is 5.12. The lowest BCUT2D eigenvalue weighted by Gasteiger charge is -2.19. The molecule has 0 aliphatic rings. The molecule has 0 atom stereocenters. The van der Waals surface area contributed by atoms with Gasteiger partial charge in [0.05, 0.1) is 17.4 Å². The molecule has 1 aromatic carbocycles. The summed E-state index contributed by atoms with van der Waals surface area (Å²) in [5.74, 6) is -0.154. The summed E-state index contributed by atoms with van der Waals surface area (Å²) in [5.41, 5.74) is 3.40. The van der Waals surface area contributed by atoms with E-state index in [0.717, 1.165) is 40.8 Å². The molecule has 4 nitrogen and oxygen atoms in total. The average Bonchev–Trinajstić information content (AvgIpc) is 2.56. The van der Waals surface area contributed by atoms with Crippen LogP contribution in [0.25, 0.3) is 0 Å². The van der Waals surface area contributed by atoms with Crippen LogP contribution in [-0.4, -0.2) is 24.5 Å². The molecule has 0 spiro atoms. The molecule has 1 N–H and O–H groups in total. The van der Waals surface area contributed by atoms with Crippen LogP contribution < -0.4 is 10.2 Å². The van der Waals surface area contributed by atoms with Gasteiger partial charge in [0, 0.05) is 29.9 Å². The number of amides is 1. The number of hydrogen-bond acceptors (Lipinski definition) is 3. The third-order valence-electron chi connectivity index (χ3n) is 3.70. The minimum absolute atomic E-state index is 0.154. The molecule has 1 amide bonds. The molecule has 1 aromatic heterocycles. The Labute approximate surface area is 146 Å². The predicted molar refractivity (Wildman–Crippen MR) is 99.2 cm³/mol. The van der Waals surface area contributed by atoms with E-state index < -0.39 is 0 Å². The van der Waals surface area contributed by atoms with Gasteiger partial charge in [-0.3, -0.25) is 9.78 Å². The van der Waals surface area contributed by atoms with Crippen molar-refractivity contribution >= 4 is 33.2 Å². The summed E-state index contributed by atoms with van der Waals surface area (Å²) in [7, 11) is 2.02. The monoisotopic (exact) mass is 375 g/mol. The van der Waals surface area contributed by atoms with Crippen LogP contribution >= 0.6 is 15.9 Å². The minimum Gasteiger partial charge on any atom is -0.373 e. The van der Waals surface area contributed by atoms with Gasteiger partial charge in [-0.15, -0.1) is 0 Å². The normalized spacial score (nSPS) is 10.4. The lowest BCUT2D eigenvalue weighted by Crippen LogP contribution is -2.19. The zero-order chi connectivity index (χ0) is 16.8. The van der Waals surface area contributed by atoms with E-state index in [1.165, 1.54) is 0 Å². The minimum atomic E-state index is -0.154. The molecular weight excluding hydrogens is 354 g/mol. The highest BCUT2D eigenvalue weighted by Gasteiger charge is 2.10. The van der Waals surface area contributed by atoms with Crippen molar-refractivity contribution in [3.8, 4) is 0 Å². The Morgan fingerprint density at radius 1 is 1.30 bits per heavy atom. The summed E-state index contributed by atoms with van der Waals surface area (Å²) in [4.78, 5) is 18.7. The van der Waals surface area contributed by atoms with Gasteiger partial charge in [-0.05, 0) is 37.1 Å². The number of carbonyl (C=O) groups is 1. The molecule has 2 aromatic rings. The van der Waals surface area contributed by atoms with Crippen LogP contribution in [0.4, 0.5) is 11.4 Å². The van der Waals surface area contributed by atoms with Crippen molar-refractivity contribution in [3.05, 3.63) is 52.3 Å². The number of anilines is 2. The second-order valence-corrected chi connectivity index (χ2v) is 6.48. The number of nitrogens with one attached hydrogen (secondary N) is 1. The Morgan fingerprint density at radius 2 is 2.09 bits per heavy atom. The Hall–Kier alpha value is -1.88. The molecule has 0 radical (unpaired) electrons. The Kier molecular flexibility index (Phi) is 6.16. The van der Waals surface area contributed by atoms with Gasteiger partial charge in [-0.1, -0.05) is 35.3 Å². The highest BCUT2D eigenvalue weighted by molar-refractivity contribution is 9.10. The Morgan fingerprint density at radius 3 is 2.78 bits per heavy atom. The van der Waals surface area contributed by atoms with Crippen LogP contribution in [0.1, 0.15) is 35.7 Å². The maximum absolute atomic E-state index is 12.4. The van der Waals surface area contributed by atoms with Gasteiger partial charge in [0.2, 0.25) is 0 Å². The van der Waals surface area contributed by atoms with E-state index in [9.17, 15) is 4.79 Å². The van der Waals surface area contributed by atoms with Crippen molar-refractivity contribution in [1.29, 1.82) is 0 Å². The molecule has 1 heterocycles. The second-order valence-electron chi connectivity index (χ2n) is 5.63. The van der Waals surface area contributed by atoms with E-state index in [1.807, 2.05) is 38.2 Å². The fourth-order valence-corrected chi connectivity index (χ4v) is 2.54. The number of aryl methyl sites for hydroxylation is 1. The lowest BCUT2D eigenvalue weighted by atomic mass is 10.2. The fourth-order valence-electron chi connectivity index (χ4n) is 2.16. The number of carbonyl (C=O) groups excluding carboxylic acids is 1.